The number of anilines is 2. The van der Waals surface area contributed by atoms with Crippen LogP contribution >= 0.6 is 23.2 Å². The lowest BCUT2D eigenvalue weighted by atomic mass is 10.2. The Morgan fingerprint density at radius 1 is 0.857 bits per heavy atom. The fourth-order valence-electron chi connectivity index (χ4n) is 1.73. The van der Waals surface area contributed by atoms with E-state index in [1.807, 2.05) is 6.07 Å². The number of rotatable bonds is 3. The number of aromatic nitrogens is 4. The zero-order valence-corrected chi connectivity index (χ0v) is 12.2. The molecule has 3 aromatic rings. The van der Waals surface area contributed by atoms with Crippen LogP contribution in [0.15, 0.2) is 48.8 Å². The van der Waals surface area contributed by atoms with Crippen LogP contribution in [0.4, 0.5) is 11.8 Å². The molecular formula is C14H9Cl2N5. The van der Waals surface area contributed by atoms with Crippen molar-refractivity contribution in [1.82, 2.24) is 19.9 Å². The molecular weight excluding hydrogens is 309 g/mol. The molecule has 0 unspecified atom stereocenters. The molecule has 104 valence electrons. The van der Waals surface area contributed by atoms with E-state index >= 15 is 0 Å². The van der Waals surface area contributed by atoms with Crippen LogP contribution in [0.3, 0.4) is 0 Å². The minimum atomic E-state index is 0.400. The maximum atomic E-state index is 5.89. The van der Waals surface area contributed by atoms with E-state index < -0.39 is 0 Å². The van der Waals surface area contributed by atoms with Crippen molar-refractivity contribution in [3.05, 3.63) is 59.1 Å². The Morgan fingerprint density at radius 3 is 2.52 bits per heavy atom. The third-order valence-electron chi connectivity index (χ3n) is 2.63. The van der Waals surface area contributed by atoms with E-state index in [2.05, 4.69) is 25.3 Å². The van der Waals surface area contributed by atoms with Gasteiger partial charge >= 0.3 is 0 Å². The molecule has 0 atom stereocenters. The standard InChI is InChI=1S/C14H9Cl2N5/c15-11-2-1-3-13(20-11)21-14-18-7-5-10(19-14)9-4-6-17-12(16)8-9/h1-8H,(H,18,19,20,21). The summed E-state index contributed by atoms with van der Waals surface area (Å²) >= 11 is 11.7. The molecule has 3 rings (SSSR count). The fraction of sp³-hybridized carbons (Fsp3) is 0. The zero-order chi connectivity index (χ0) is 14.7. The number of nitrogens with zero attached hydrogens (tertiary/aromatic N) is 4. The predicted octanol–water partition coefficient (Wildman–Crippen LogP) is 3.98. The summed E-state index contributed by atoms with van der Waals surface area (Å²) in [6.45, 7) is 0. The second-order valence-corrected chi connectivity index (χ2v) is 4.88. The first kappa shape index (κ1) is 13.7. The lowest BCUT2D eigenvalue weighted by molar-refractivity contribution is 1.15. The minimum absolute atomic E-state index is 0.400. The highest BCUT2D eigenvalue weighted by molar-refractivity contribution is 6.29. The summed E-state index contributed by atoms with van der Waals surface area (Å²) in [6, 6.07) is 10.6. The molecule has 0 bridgehead atoms. The van der Waals surface area contributed by atoms with Gasteiger partial charge in [0, 0.05) is 18.0 Å². The molecule has 0 amide bonds. The highest BCUT2D eigenvalue weighted by Gasteiger charge is 2.04. The monoisotopic (exact) mass is 317 g/mol. The van der Waals surface area contributed by atoms with Crippen LogP contribution in [-0.2, 0) is 0 Å². The van der Waals surface area contributed by atoms with Gasteiger partial charge in [-0.25, -0.2) is 19.9 Å². The van der Waals surface area contributed by atoms with Gasteiger partial charge in [-0.1, -0.05) is 29.3 Å². The molecule has 0 aromatic carbocycles. The van der Waals surface area contributed by atoms with Gasteiger partial charge in [0.25, 0.3) is 0 Å². The van der Waals surface area contributed by atoms with E-state index in [0.717, 1.165) is 11.3 Å². The molecule has 0 aliphatic carbocycles. The summed E-state index contributed by atoms with van der Waals surface area (Å²) in [4.78, 5) is 16.7. The van der Waals surface area contributed by atoms with Crippen molar-refractivity contribution in [2.45, 2.75) is 0 Å². The highest BCUT2D eigenvalue weighted by Crippen LogP contribution is 2.21. The van der Waals surface area contributed by atoms with Crippen LogP contribution in [0.5, 0.6) is 0 Å². The van der Waals surface area contributed by atoms with Crippen LogP contribution in [0, 0.1) is 0 Å². The Balaban J connectivity index is 1.90. The third-order valence-corrected chi connectivity index (χ3v) is 3.05. The van der Waals surface area contributed by atoms with E-state index in [4.69, 9.17) is 23.2 Å². The van der Waals surface area contributed by atoms with Crippen molar-refractivity contribution in [3.8, 4) is 11.3 Å². The van der Waals surface area contributed by atoms with Gasteiger partial charge in [-0.05, 0) is 30.3 Å². The molecule has 21 heavy (non-hydrogen) atoms. The smallest absolute Gasteiger partial charge is 0.228 e. The third kappa shape index (κ3) is 3.45. The second kappa shape index (κ2) is 6.03. The Hall–Kier alpha value is -2.24. The Labute approximate surface area is 131 Å². The SMILES string of the molecule is Clc1cc(-c2ccnc(Nc3cccc(Cl)n3)n2)ccn1. The van der Waals surface area contributed by atoms with E-state index in [1.54, 1.807) is 42.7 Å². The Bertz CT molecular complexity index is 779. The van der Waals surface area contributed by atoms with Crippen molar-refractivity contribution in [3.63, 3.8) is 0 Å². The van der Waals surface area contributed by atoms with E-state index in [9.17, 15) is 0 Å². The van der Waals surface area contributed by atoms with E-state index in [-0.39, 0.29) is 0 Å². The van der Waals surface area contributed by atoms with Crippen LogP contribution < -0.4 is 5.32 Å². The first-order chi connectivity index (χ1) is 10.2. The summed E-state index contributed by atoms with van der Waals surface area (Å²) in [6.07, 6.45) is 3.29. The average Bonchev–Trinajstić information content (AvgIpc) is 2.47. The van der Waals surface area contributed by atoms with Crippen molar-refractivity contribution >= 4 is 35.0 Å². The van der Waals surface area contributed by atoms with Gasteiger partial charge in [0.1, 0.15) is 16.1 Å². The van der Waals surface area contributed by atoms with Crippen LogP contribution in [0.2, 0.25) is 10.3 Å². The molecule has 0 fully saturated rings. The fourth-order valence-corrected chi connectivity index (χ4v) is 2.07. The number of pyridine rings is 2. The van der Waals surface area contributed by atoms with Crippen LogP contribution in [0.1, 0.15) is 0 Å². The van der Waals surface area contributed by atoms with Gasteiger partial charge in [0.2, 0.25) is 5.95 Å². The number of nitrogens with one attached hydrogen (secondary N) is 1. The molecule has 0 spiro atoms. The molecule has 0 saturated heterocycles. The normalized spacial score (nSPS) is 10.4. The Morgan fingerprint density at radius 2 is 1.71 bits per heavy atom. The first-order valence-corrected chi connectivity index (χ1v) is 6.81. The molecule has 0 radical (unpaired) electrons. The molecule has 3 heterocycles. The van der Waals surface area contributed by atoms with Crippen molar-refractivity contribution in [2.24, 2.45) is 0 Å². The maximum absolute atomic E-state index is 5.89. The maximum Gasteiger partial charge on any atom is 0.228 e. The first-order valence-electron chi connectivity index (χ1n) is 6.05. The van der Waals surface area contributed by atoms with E-state index in [1.165, 1.54) is 0 Å². The van der Waals surface area contributed by atoms with Crippen molar-refractivity contribution < 1.29 is 0 Å². The molecule has 0 aliphatic rings. The number of hydrogen-bond donors (Lipinski definition) is 1. The topological polar surface area (TPSA) is 63.6 Å². The molecule has 5 nitrogen and oxygen atoms in total. The molecule has 3 aromatic heterocycles. The van der Waals surface area contributed by atoms with Gasteiger partial charge in [0.05, 0.1) is 5.69 Å². The Kier molecular flexibility index (Phi) is 3.94. The average molecular weight is 318 g/mol. The second-order valence-electron chi connectivity index (χ2n) is 4.10. The summed E-state index contributed by atoms with van der Waals surface area (Å²) in [7, 11) is 0. The summed E-state index contributed by atoms with van der Waals surface area (Å²) in [5, 5.41) is 3.82. The van der Waals surface area contributed by atoms with E-state index in [0.29, 0.717) is 22.1 Å². The zero-order valence-electron chi connectivity index (χ0n) is 10.7. The molecule has 0 aliphatic heterocycles. The van der Waals surface area contributed by atoms with Crippen LogP contribution in [0.25, 0.3) is 11.3 Å². The van der Waals surface area contributed by atoms with Gasteiger partial charge in [0.15, 0.2) is 0 Å². The lowest BCUT2D eigenvalue weighted by Gasteiger charge is -2.06. The van der Waals surface area contributed by atoms with Crippen molar-refractivity contribution in [2.75, 3.05) is 5.32 Å². The number of hydrogen-bond acceptors (Lipinski definition) is 5. The molecule has 1 N–H and O–H groups in total. The predicted molar refractivity (Wildman–Crippen MR) is 82.8 cm³/mol. The lowest BCUT2D eigenvalue weighted by Crippen LogP contribution is -1.99. The summed E-state index contributed by atoms with van der Waals surface area (Å²) in [5.41, 5.74) is 1.60. The van der Waals surface area contributed by atoms with Gasteiger partial charge in [-0.15, -0.1) is 0 Å². The minimum Gasteiger partial charge on any atom is -0.309 e. The highest BCUT2D eigenvalue weighted by atomic mass is 35.5. The number of halogens is 2. The van der Waals surface area contributed by atoms with Gasteiger partial charge in [-0.3, -0.25) is 0 Å². The van der Waals surface area contributed by atoms with Gasteiger partial charge < -0.3 is 5.32 Å². The molecule has 0 saturated carbocycles. The largest absolute Gasteiger partial charge is 0.309 e. The quantitative estimate of drug-likeness (QED) is 0.740. The van der Waals surface area contributed by atoms with Crippen LogP contribution in [-0.4, -0.2) is 19.9 Å². The summed E-state index contributed by atoms with van der Waals surface area (Å²) < 4.78 is 0. The molecule has 7 heteroatoms. The van der Waals surface area contributed by atoms with Crippen molar-refractivity contribution in [1.29, 1.82) is 0 Å². The van der Waals surface area contributed by atoms with Gasteiger partial charge in [-0.2, -0.15) is 0 Å². The summed E-state index contributed by atoms with van der Waals surface area (Å²) in [5.74, 6) is 1.00.